The van der Waals surface area contributed by atoms with Gasteiger partial charge in [-0.15, -0.1) is 0 Å². The predicted molar refractivity (Wildman–Crippen MR) is 91.9 cm³/mol. The monoisotopic (exact) mass is 366 g/mol. The number of aromatic hydroxyl groups is 1. The summed E-state index contributed by atoms with van der Waals surface area (Å²) >= 11 is 3.45. The quantitative estimate of drug-likeness (QED) is 0.558. The number of nitrogens with one attached hydrogen (secondary N) is 1. The van der Waals surface area contributed by atoms with Crippen LogP contribution in [0.25, 0.3) is 33.7 Å². The van der Waals surface area contributed by atoms with Crippen molar-refractivity contribution >= 4 is 26.7 Å². The van der Waals surface area contributed by atoms with Gasteiger partial charge < -0.3 is 5.11 Å². The van der Waals surface area contributed by atoms with Crippen LogP contribution < -0.4 is 0 Å². The Kier molecular flexibility index (Phi) is 3.31. The summed E-state index contributed by atoms with van der Waals surface area (Å²) in [4.78, 5) is 8.80. The average Bonchev–Trinajstić information content (AvgIpc) is 3.04. The fourth-order valence-corrected chi connectivity index (χ4v) is 2.98. The highest BCUT2D eigenvalue weighted by molar-refractivity contribution is 9.10. The minimum atomic E-state index is 0.148. The number of hydrogen-bond acceptors (Lipinski definition) is 4. The molecule has 0 saturated heterocycles. The Morgan fingerprint density at radius 2 is 1.87 bits per heavy atom. The number of pyridine rings is 1. The van der Waals surface area contributed by atoms with Gasteiger partial charge in [-0.3, -0.25) is 10.1 Å². The van der Waals surface area contributed by atoms with E-state index in [-0.39, 0.29) is 5.75 Å². The van der Waals surface area contributed by atoms with Crippen molar-refractivity contribution in [1.82, 2.24) is 20.2 Å². The molecule has 0 bridgehead atoms. The lowest BCUT2D eigenvalue weighted by molar-refractivity contribution is 0.477. The van der Waals surface area contributed by atoms with Gasteiger partial charge in [0.05, 0.1) is 5.56 Å². The zero-order chi connectivity index (χ0) is 15.8. The number of rotatable bonds is 2. The van der Waals surface area contributed by atoms with Gasteiger partial charge in [-0.1, -0.05) is 30.3 Å². The van der Waals surface area contributed by atoms with Crippen molar-refractivity contribution in [2.75, 3.05) is 0 Å². The van der Waals surface area contributed by atoms with Gasteiger partial charge in [0.15, 0.2) is 11.6 Å². The van der Waals surface area contributed by atoms with E-state index in [9.17, 15) is 5.11 Å². The van der Waals surface area contributed by atoms with E-state index >= 15 is 0 Å². The van der Waals surface area contributed by atoms with Crippen LogP contribution in [-0.2, 0) is 0 Å². The first-order valence-corrected chi connectivity index (χ1v) is 7.78. The fraction of sp³-hybridized carbons (Fsp3) is 0. The number of phenolic OH excluding ortho intramolecular Hbond substituents is 1. The van der Waals surface area contributed by atoms with Gasteiger partial charge in [-0.2, -0.15) is 5.10 Å². The number of aromatic nitrogens is 4. The topological polar surface area (TPSA) is 74.7 Å². The molecule has 5 nitrogen and oxygen atoms in total. The maximum atomic E-state index is 10.3. The number of H-pyrrole nitrogens is 1. The summed E-state index contributed by atoms with van der Waals surface area (Å²) in [7, 11) is 0. The van der Waals surface area contributed by atoms with E-state index in [0.717, 1.165) is 15.2 Å². The number of phenols is 1. The molecule has 2 N–H and O–H groups in total. The molecule has 0 amide bonds. The summed E-state index contributed by atoms with van der Waals surface area (Å²) in [5.74, 6) is 1.13. The smallest absolute Gasteiger partial charge is 0.185 e. The van der Waals surface area contributed by atoms with E-state index in [1.165, 1.54) is 0 Å². The van der Waals surface area contributed by atoms with Crippen molar-refractivity contribution in [2.24, 2.45) is 0 Å². The van der Waals surface area contributed by atoms with E-state index < -0.39 is 0 Å². The Morgan fingerprint density at radius 3 is 2.74 bits per heavy atom. The number of benzene rings is 2. The summed E-state index contributed by atoms with van der Waals surface area (Å²) in [6.07, 6.45) is 1.69. The Morgan fingerprint density at radius 1 is 1.00 bits per heavy atom. The summed E-state index contributed by atoms with van der Waals surface area (Å²) in [6.45, 7) is 0. The molecular formula is C17H11BrN4O. The Bertz CT molecular complexity index is 1010. The Balaban J connectivity index is 1.90. The Labute approximate surface area is 140 Å². The van der Waals surface area contributed by atoms with E-state index in [1.807, 2.05) is 42.5 Å². The van der Waals surface area contributed by atoms with Crippen LogP contribution in [0.3, 0.4) is 0 Å². The molecule has 0 spiro atoms. The highest BCUT2D eigenvalue weighted by atomic mass is 79.9. The van der Waals surface area contributed by atoms with Gasteiger partial charge >= 0.3 is 0 Å². The zero-order valence-corrected chi connectivity index (χ0v) is 13.4. The third kappa shape index (κ3) is 2.37. The molecule has 0 unspecified atom stereocenters. The molecule has 0 aliphatic rings. The van der Waals surface area contributed by atoms with E-state index in [4.69, 9.17) is 0 Å². The molecule has 4 aromatic rings. The highest BCUT2D eigenvalue weighted by Crippen LogP contribution is 2.35. The van der Waals surface area contributed by atoms with Crippen LogP contribution in [0.2, 0.25) is 0 Å². The maximum Gasteiger partial charge on any atom is 0.185 e. The molecule has 0 saturated carbocycles. The minimum absolute atomic E-state index is 0.148. The molecular weight excluding hydrogens is 356 g/mol. The molecule has 0 aliphatic heterocycles. The third-order valence-electron chi connectivity index (χ3n) is 3.60. The van der Waals surface area contributed by atoms with Crippen molar-refractivity contribution in [1.29, 1.82) is 0 Å². The molecule has 0 fully saturated rings. The number of nitrogens with zero attached hydrogens (tertiary/aromatic N) is 3. The number of hydrogen-bond donors (Lipinski definition) is 2. The molecule has 0 radical (unpaired) electrons. The average molecular weight is 367 g/mol. The SMILES string of the molecule is Oc1ccc2ccccc2c1-c1n[nH]c(-c2ncccc2Br)n1. The molecule has 2 heterocycles. The van der Waals surface area contributed by atoms with Crippen molar-refractivity contribution in [3.63, 3.8) is 0 Å². The van der Waals surface area contributed by atoms with E-state index in [2.05, 4.69) is 36.1 Å². The van der Waals surface area contributed by atoms with Crippen LogP contribution in [0.15, 0.2) is 59.2 Å². The lowest BCUT2D eigenvalue weighted by Crippen LogP contribution is -1.87. The largest absolute Gasteiger partial charge is 0.507 e. The van der Waals surface area contributed by atoms with Gasteiger partial charge in [-0.25, -0.2) is 4.98 Å². The second kappa shape index (κ2) is 5.48. The molecule has 112 valence electrons. The van der Waals surface area contributed by atoms with Crippen LogP contribution in [0.1, 0.15) is 0 Å². The second-order valence-electron chi connectivity index (χ2n) is 5.02. The first kappa shape index (κ1) is 13.9. The van der Waals surface area contributed by atoms with Gasteiger partial charge in [-0.05, 0) is 44.9 Å². The standard InChI is InChI=1S/C17H11BrN4O/c18-12-6-3-9-19-15(12)17-20-16(21-22-17)14-11-5-2-1-4-10(11)7-8-13(14)23/h1-9,23H,(H,20,21,22). The van der Waals surface area contributed by atoms with Gasteiger partial charge in [0, 0.05) is 10.7 Å². The van der Waals surface area contributed by atoms with Crippen molar-refractivity contribution < 1.29 is 5.11 Å². The van der Waals surface area contributed by atoms with Crippen LogP contribution in [0, 0.1) is 0 Å². The molecule has 0 atom stereocenters. The molecule has 23 heavy (non-hydrogen) atoms. The Hall–Kier alpha value is -2.73. The van der Waals surface area contributed by atoms with Crippen LogP contribution in [-0.4, -0.2) is 25.3 Å². The van der Waals surface area contributed by atoms with Gasteiger partial charge in [0.2, 0.25) is 0 Å². The summed E-state index contributed by atoms with van der Waals surface area (Å²) < 4.78 is 0.824. The molecule has 2 aromatic heterocycles. The normalized spacial score (nSPS) is 11.0. The molecule has 6 heteroatoms. The third-order valence-corrected chi connectivity index (χ3v) is 4.24. The maximum absolute atomic E-state index is 10.3. The van der Waals surface area contributed by atoms with Crippen LogP contribution >= 0.6 is 15.9 Å². The lowest BCUT2D eigenvalue weighted by Gasteiger charge is -2.05. The number of halogens is 1. The van der Waals surface area contributed by atoms with Crippen molar-refractivity contribution in [3.8, 4) is 28.7 Å². The summed E-state index contributed by atoms with van der Waals surface area (Å²) in [5.41, 5.74) is 1.28. The minimum Gasteiger partial charge on any atom is -0.507 e. The zero-order valence-electron chi connectivity index (χ0n) is 11.9. The van der Waals surface area contributed by atoms with Gasteiger partial charge in [0.25, 0.3) is 0 Å². The second-order valence-corrected chi connectivity index (χ2v) is 5.88. The van der Waals surface area contributed by atoms with Crippen LogP contribution in [0.5, 0.6) is 5.75 Å². The van der Waals surface area contributed by atoms with Crippen LogP contribution in [0.4, 0.5) is 0 Å². The summed E-state index contributed by atoms with van der Waals surface area (Å²) in [5, 5.41) is 19.3. The van der Waals surface area contributed by atoms with E-state index in [0.29, 0.717) is 22.9 Å². The summed E-state index contributed by atoms with van der Waals surface area (Å²) in [6, 6.07) is 15.1. The molecule has 2 aromatic carbocycles. The fourth-order valence-electron chi connectivity index (χ4n) is 2.53. The number of fused-ring (bicyclic) bond motifs is 1. The number of aromatic amines is 1. The van der Waals surface area contributed by atoms with Crippen molar-refractivity contribution in [3.05, 3.63) is 59.2 Å². The van der Waals surface area contributed by atoms with E-state index in [1.54, 1.807) is 12.3 Å². The predicted octanol–water partition coefficient (Wildman–Crippen LogP) is 4.16. The lowest BCUT2D eigenvalue weighted by atomic mass is 10.0. The first-order chi connectivity index (χ1) is 11.2. The first-order valence-electron chi connectivity index (χ1n) is 6.98. The van der Waals surface area contributed by atoms with Gasteiger partial charge in [0.1, 0.15) is 11.4 Å². The van der Waals surface area contributed by atoms with Crippen molar-refractivity contribution in [2.45, 2.75) is 0 Å². The highest BCUT2D eigenvalue weighted by Gasteiger charge is 2.16. The molecule has 0 aliphatic carbocycles. The molecule has 4 rings (SSSR count).